The number of aliphatic hydroxyl groups excluding tert-OH is 1. The van der Waals surface area contributed by atoms with E-state index in [9.17, 15) is 14.7 Å². The second kappa shape index (κ2) is 6.34. The van der Waals surface area contributed by atoms with Crippen LogP contribution in [0.1, 0.15) is 12.0 Å². The molecule has 7 heteroatoms. The van der Waals surface area contributed by atoms with Gasteiger partial charge in [0.05, 0.1) is 12.6 Å². The van der Waals surface area contributed by atoms with Crippen LogP contribution in [0.15, 0.2) is 16.8 Å². The van der Waals surface area contributed by atoms with E-state index in [0.717, 1.165) is 5.56 Å². The van der Waals surface area contributed by atoms with Crippen molar-refractivity contribution in [2.75, 3.05) is 20.1 Å². The SMILES string of the molecule is CN(Cc1ccsc1)C(=O)CN1CC(O)CC1C(=O)O. The van der Waals surface area contributed by atoms with E-state index >= 15 is 0 Å². The number of thiophene rings is 1. The minimum atomic E-state index is -0.991. The molecule has 2 heterocycles. The third-order valence-electron chi connectivity index (χ3n) is 3.43. The Labute approximate surface area is 121 Å². The zero-order valence-corrected chi connectivity index (χ0v) is 12.0. The highest BCUT2D eigenvalue weighted by atomic mass is 32.1. The van der Waals surface area contributed by atoms with Gasteiger partial charge in [-0.25, -0.2) is 0 Å². The number of β-amino-alcohol motifs (C(OH)–C–C–N with tert-alkyl or cyclic N) is 1. The van der Waals surface area contributed by atoms with E-state index in [1.54, 1.807) is 23.3 Å². The molecule has 2 N–H and O–H groups in total. The number of amides is 1. The molecule has 0 aliphatic carbocycles. The first-order valence-electron chi connectivity index (χ1n) is 6.37. The van der Waals surface area contributed by atoms with Gasteiger partial charge in [0.15, 0.2) is 0 Å². The Bertz CT molecular complexity index is 477. The van der Waals surface area contributed by atoms with Crippen molar-refractivity contribution < 1.29 is 19.8 Å². The molecule has 6 nitrogen and oxygen atoms in total. The lowest BCUT2D eigenvalue weighted by Crippen LogP contribution is -2.43. The van der Waals surface area contributed by atoms with E-state index in [2.05, 4.69) is 0 Å². The molecule has 2 rings (SSSR count). The fourth-order valence-corrected chi connectivity index (χ4v) is 3.01. The molecule has 2 unspecified atom stereocenters. The van der Waals surface area contributed by atoms with Crippen LogP contribution in [0, 0.1) is 0 Å². The standard InChI is InChI=1S/C13H18N2O4S/c1-14(5-9-2-3-20-8-9)12(17)7-15-6-10(16)4-11(15)13(18)19/h2-3,8,10-11,16H,4-7H2,1H3,(H,18,19). The van der Waals surface area contributed by atoms with Crippen molar-refractivity contribution in [3.8, 4) is 0 Å². The van der Waals surface area contributed by atoms with Gasteiger partial charge in [-0.2, -0.15) is 11.3 Å². The van der Waals surface area contributed by atoms with Crippen LogP contribution in [-0.2, 0) is 16.1 Å². The molecule has 1 aromatic rings. The summed E-state index contributed by atoms with van der Waals surface area (Å²) in [7, 11) is 1.70. The summed E-state index contributed by atoms with van der Waals surface area (Å²) in [5.74, 6) is -1.13. The summed E-state index contributed by atoms with van der Waals surface area (Å²) in [6.07, 6.45) is -0.497. The van der Waals surface area contributed by atoms with Gasteiger partial charge in [0.2, 0.25) is 5.91 Å². The molecule has 0 radical (unpaired) electrons. The lowest BCUT2D eigenvalue weighted by molar-refractivity contribution is -0.143. The Morgan fingerprint density at radius 3 is 2.90 bits per heavy atom. The second-order valence-electron chi connectivity index (χ2n) is 5.05. The topological polar surface area (TPSA) is 81.1 Å². The van der Waals surface area contributed by atoms with Crippen molar-refractivity contribution in [1.82, 2.24) is 9.80 Å². The molecule has 0 aromatic carbocycles. The van der Waals surface area contributed by atoms with Crippen molar-refractivity contribution in [2.24, 2.45) is 0 Å². The van der Waals surface area contributed by atoms with Crippen molar-refractivity contribution in [3.63, 3.8) is 0 Å². The Balaban J connectivity index is 1.91. The molecule has 1 aromatic heterocycles. The summed E-state index contributed by atoms with van der Waals surface area (Å²) in [6.45, 7) is 0.764. The van der Waals surface area contributed by atoms with E-state index in [-0.39, 0.29) is 25.4 Å². The van der Waals surface area contributed by atoms with Crippen LogP contribution in [0.3, 0.4) is 0 Å². The van der Waals surface area contributed by atoms with Gasteiger partial charge in [-0.05, 0) is 22.4 Å². The number of likely N-dealkylation sites (tertiary alicyclic amines) is 1. The maximum Gasteiger partial charge on any atom is 0.321 e. The quantitative estimate of drug-likeness (QED) is 0.813. The minimum absolute atomic E-state index is 0.0225. The Hall–Kier alpha value is -1.44. The van der Waals surface area contributed by atoms with E-state index in [1.807, 2.05) is 16.8 Å². The number of carbonyl (C=O) groups is 2. The highest BCUT2D eigenvalue weighted by Crippen LogP contribution is 2.18. The van der Waals surface area contributed by atoms with E-state index in [4.69, 9.17) is 5.11 Å². The largest absolute Gasteiger partial charge is 0.480 e. The van der Waals surface area contributed by atoms with Gasteiger partial charge in [0.25, 0.3) is 0 Å². The van der Waals surface area contributed by atoms with Crippen LogP contribution in [0.5, 0.6) is 0 Å². The number of hydrogen-bond donors (Lipinski definition) is 2. The lowest BCUT2D eigenvalue weighted by Gasteiger charge is -2.24. The first kappa shape index (κ1) is 15.0. The van der Waals surface area contributed by atoms with Crippen LogP contribution < -0.4 is 0 Å². The van der Waals surface area contributed by atoms with Gasteiger partial charge >= 0.3 is 5.97 Å². The lowest BCUT2D eigenvalue weighted by atomic mass is 10.2. The molecule has 1 amide bonds. The van der Waals surface area contributed by atoms with Gasteiger partial charge in [-0.1, -0.05) is 0 Å². The molecule has 1 saturated heterocycles. The average molecular weight is 298 g/mol. The van der Waals surface area contributed by atoms with Crippen LogP contribution in [0.4, 0.5) is 0 Å². The third-order valence-corrected chi connectivity index (χ3v) is 4.16. The molecule has 1 aliphatic rings. The zero-order valence-electron chi connectivity index (χ0n) is 11.2. The maximum atomic E-state index is 12.1. The van der Waals surface area contributed by atoms with E-state index in [0.29, 0.717) is 6.54 Å². The van der Waals surface area contributed by atoms with Crippen LogP contribution >= 0.6 is 11.3 Å². The monoisotopic (exact) mass is 298 g/mol. The van der Waals surface area contributed by atoms with Crippen molar-refractivity contribution >= 4 is 23.2 Å². The second-order valence-corrected chi connectivity index (χ2v) is 5.83. The average Bonchev–Trinajstić information content (AvgIpc) is 2.98. The summed E-state index contributed by atoms with van der Waals surface area (Å²) >= 11 is 1.57. The number of hydrogen-bond acceptors (Lipinski definition) is 5. The molecular weight excluding hydrogens is 280 g/mol. The normalized spacial score (nSPS) is 22.9. The van der Waals surface area contributed by atoms with Gasteiger partial charge in [-0.3, -0.25) is 14.5 Å². The summed E-state index contributed by atoms with van der Waals surface area (Å²) in [6, 6.07) is 1.18. The zero-order chi connectivity index (χ0) is 14.7. The van der Waals surface area contributed by atoms with Gasteiger partial charge in [0, 0.05) is 26.6 Å². The first-order chi connectivity index (χ1) is 9.47. The van der Waals surface area contributed by atoms with E-state index < -0.39 is 18.1 Å². The van der Waals surface area contributed by atoms with Crippen molar-refractivity contribution in [2.45, 2.75) is 25.1 Å². The highest BCUT2D eigenvalue weighted by Gasteiger charge is 2.37. The highest BCUT2D eigenvalue weighted by molar-refractivity contribution is 7.07. The summed E-state index contributed by atoms with van der Waals surface area (Å²) in [5.41, 5.74) is 1.06. The van der Waals surface area contributed by atoms with Gasteiger partial charge < -0.3 is 15.1 Å². The van der Waals surface area contributed by atoms with Crippen LogP contribution in [0.25, 0.3) is 0 Å². The number of carboxylic acids is 1. The molecule has 0 bridgehead atoms. The number of carboxylic acid groups (broad SMARTS) is 1. The fraction of sp³-hybridized carbons (Fsp3) is 0.538. The number of likely N-dealkylation sites (N-methyl/N-ethyl adjacent to an activating group) is 1. The molecule has 20 heavy (non-hydrogen) atoms. The fourth-order valence-electron chi connectivity index (χ4n) is 2.35. The summed E-state index contributed by atoms with van der Waals surface area (Å²) < 4.78 is 0. The van der Waals surface area contributed by atoms with E-state index in [1.165, 1.54) is 4.90 Å². The maximum absolute atomic E-state index is 12.1. The van der Waals surface area contributed by atoms with Crippen LogP contribution in [0.2, 0.25) is 0 Å². The smallest absolute Gasteiger partial charge is 0.321 e. The number of rotatable bonds is 5. The third kappa shape index (κ3) is 3.56. The van der Waals surface area contributed by atoms with Gasteiger partial charge in [-0.15, -0.1) is 0 Å². The molecule has 110 valence electrons. The van der Waals surface area contributed by atoms with Crippen LogP contribution in [-0.4, -0.2) is 64.2 Å². The Morgan fingerprint density at radius 1 is 1.55 bits per heavy atom. The number of aliphatic hydroxyl groups is 1. The summed E-state index contributed by atoms with van der Waals surface area (Å²) in [4.78, 5) is 26.3. The molecule has 2 atom stereocenters. The number of nitrogens with zero attached hydrogens (tertiary/aromatic N) is 2. The predicted molar refractivity (Wildman–Crippen MR) is 74.4 cm³/mol. The summed E-state index contributed by atoms with van der Waals surface area (Å²) in [5, 5.41) is 22.6. The number of aliphatic carboxylic acids is 1. The molecule has 0 saturated carbocycles. The predicted octanol–water partition coefficient (Wildman–Crippen LogP) is 0.226. The Kier molecular flexibility index (Phi) is 4.74. The first-order valence-corrected chi connectivity index (χ1v) is 7.31. The van der Waals surface area contributed by atoms with Crippen molar-refractivity contribution in [3.05, 3.63) is 22.4 Å². The Morgan fingerprint density at radius 2 is 2.30 bits per heavy atom. The minimum Gasteiger partial charge on any atom is -0.480 e. The molecule has 1 aliphatic heterocycles. The molecule has 1 fully saturated rings. The molecule has 0 spiro atoms. The van der Waals surface area contributed by atoms with Gasteiger partial charge in [0.1, 0.15) is 6.04 Å². The molecular formula is C13H18N2O4S. The van der Waals surface area contributed by atoms with Crippen molar-refractivity contribution in [1.29, 1.82) is 0 Å². The number of carbonyl (C=O) groups excluding carboxylic acids is 1.